The fourth-order valence-corrected chi connectivity index (χ4v) is 4.34. The second kappa shape index (κ2) is 9.14. The van der Waals surface area contributed by atoms with E-state index >= 15 is 0 Å². The van der Waals surface area contributed by atoms with E-state index < -0.39 is 0 Å². The molecule has 3 aliphatic rings. The van der Waals surface area contributed by atoms with Crippen LogP contribution in [0.4, 0.5) is 0 Å². The number of ether oxygens (including phenoxy) is 2. The first-order valence-corrected chi connectivity index (χ1v) is 10.4. The van der Waals surface area contributed by atoms with E-state index in [-0.39, 0.29) is 18.3 Å². The van der Waals surface area contributed by atoms with Crippen molar-refractivity contribution >= 4 is 0 Å². The van der Waals surface area contributed by atoms with Crippen LogP contribution < -0.4 is 4.74 Å². The Bertz CT molecular complexity index is 746. The summed E-state index contributed by atoms with van der Waals surface area (Å²) in [6.45, 7) is 11.4. The molecule has 0 amide bonds. The summed E-state index contributed by atoms with van der Waals surface area (Å²) >= 11 is 0. The molecule has 1 aromatic carbocycles. The van der Waals surface area contributed by atoms with Crippen LogP contribution in [-0.4, -0.2) is 85.6 Å². The van der Waals surface area contributed by atoms with E-state index in [9.17, 15) is 0 Å². The monoisotopic (exact) mass is 398 g/mol. The molecule has 0 N–H and O–H groups in total. The number of morpholine rings is 2. The second-order valence-electron chi connectivity index (χ2n) is 8.10. The predicted molar refractivity (Wildman–Crippen MR) is 109 cm³/mol. The van der Waals surface area contributed by atoms with Gasteiger partial charge in [-0.1, -0.05) is 0 Å². The third kappa shape index (κ3) is 5.28. The Labute approximate surface area is 173 Å². The number of fused-ring (bicyclic) bond motifs is 2. The summed E-state index contributed by atoms with van der Waals surface area (Å²) < 4.78 is 12.0. The zero-order valence-corrected chi connectivity index (χ0v) is 17.3. The summed E-state index contributed by atoms with van der Waals surface area (Å²) in [5.74, 6) is 0.812. The minimum Gasteiger partial charge on any atom is -0.492 e. The molecule has 2 saturated heterocycles. The van der Waals surface area contributed by atoms with Gasteiger partial charge in [0.15, 0.2) is 0 Å². The minimum atomic E-state index is 0.180. The van der Waals surface area contributed by atoms with Gasteiger partial charge < -0.3 is 9.47 Å². The zero-order valence-electron chi connectivity index (χ0n) is 17.3. The number of rotatable bonds is 7. The lowest BCUT2D eigenvalue weighted by atomic mass is 10.1. The Morgan fingerprint density at radius 1 is 1.03 bits per heavy atom. The fraction of sp³-hybridized carbons (Fsp3) is 0.591. The predicted octanol–water partition coefficient (Wildman–Crippen LogP) is 1.86. The lowest BCUT2D eigenvalue weighted by Crippen LogP contribution is -2.60. The summed E-state index contributed by atoms with van der Waals surface area (Å²) in [6, 6.07) is 9.40. The van der Waals surface area contributed by atoms with E-state index in [2.05, 4.69) is 35.8 Å². The van der Waals surface area contributed by atoms with E-state index in [1.165, 1.54) is 5.70 Å². The molecule has 4 rings (SSSR count). The largest absolute Gasteiger partial charge is 0.492 e. The van der Waals surface area contributed by atoms with Crippen LogP contribution >= 0.6 is 0 Å². The first kappa shape index (κ1) is 20.2. The molecular weight excluding hydrogens is 368 g/mol. The van der Waals surface area contributed by atoms with Gasteiger partial charge in [-0.15, -0.1) is 0 Å². The van der Waals surface area contributed by atoms with Crippen molar-refractivity contribution in [3.05, 3.63) is 41.6 Å². The minimum absolute atomic E-state index is 0.180. The van der Waals surface area contributed by atoms with Gasteiger partial charge in [0.2, 0.25) is 0 Å². The molecule has 0 radical (unpaired) electrons. The van der Waals surface area contributed by atoms with Gasteiger partial charge in [0.1, 0.15) is 18.5 Å². The van der Waals surface area contributed by atoms with Gasteiger partial charge in [-0.05, 0) is 44.2 Å². The molecule has 3 atom stereocenters. The molecule has 156 valence electrons. The van der Waals surface area contributed by atoms with Crippen molar-refractivity contribution in [2.45, 2.75) is 32.2 Å². The third-order valence-corrected chi connectivity index (χ3v) is 5.67. The molecule has 2 fully saturated rings. The number of nitriles is 1. The molecule has 3 aliphatic heterocycles. The molecule has 1 aromatic rings. The smallest absolute Gasteiger partial charge is 0.119 e. The maximum absolute atomic E-state index is 8.86. The van der Waals surface area contributed by atoms with Crippen molar-refractivity contribution in [3.63, 3.8) is 0 Å². The fourth-order valence-electron chi connectivity index (χ4n) is 4.34. The molecule has 0 aromatic heterocycles. The number of allylic oxidation sites excluding steroid dienone is 1. The van der Waals surface area contributed by atoms with Gasteiger partial charge in [0.05, 0.1) is 30.4 Å². The first-order valence-electron chi connectivity index (χ1n) is 10.4. The second-order valence-corrected chi connectivity index (χ2v) is 8.10. The van der Waals surface area contributed by atoms with Crippen LogP contribution in [0.1, 0.15) is 19.4 Å². The van der Waals surface area contributed by atoms with Gasteiger partial charge in [0.25, 0.3) is 0 Å². The highest BCUT2D eigenvalue weighted by atomic mass is 16.7. The first-order chi connectivity index (χ1) is 14.1. The molecule has 29 heavy (non-hydrogen) atoms. The average molecular weight is 399 g/mol. The van der Waals surface area contributed by atoms with Crippen LogP contribution in [0.15, 0.2) is 36.0 Å². The Balaban J connectivity index is 1.18. The van der Waals surface area contributed by atoms with Gasteiger partial charge in [-0.3, -0.25) is 19.7 Å². The SMILES string of the molecule is CC1=CC(C)ON1CCN1CC2CN(CCOc3ccc(C#N)cc3)CC(C1)O2. The maximum atomic E-state index is 8.86. The van der Waals surface area contributed by atoms with Crippen LogP contribution in [0.25, 0.3) is 0 Å². The molecule has 3 heterocycles. The Morgan fingerprint density at radius 2 is 1.69 bits per heavy atom. The Morgan fingerprint density at radius 3 is 2.28 bits per heavy atom. The number of hydroxylamine groups is 2. The number of hydrogen-bond donors (Lipinski definition) is 0. The maximum Gasteiger partial charge on any atom is 0.119 e. The highest BCUT2D eigenvalue weighted by Gasteiger charge is 2.35. The summed E-state index contributed by atoms with van der Waals surface area (Å²) in [7, 11) is 0. The number of hydrogen-bond acceptors (Lipinski definition) is 7. The van der Waals surface area contributed by atoms with Crippen LogP contribution in [0.2, 0.25) is 0 Å². The summed E-state index contributed by atoms with van der Waals surface area (Å²) in [4.78, 5) is 10.8. The van der Waals surface area contributed by atoms with E-state index in [1.54, 1.807) is 12.1 Å². The molecule has 7 nitrogen and oxygen atoms in total. The molecule has 0 spiro atoms. The number of benzene rings is 1. The van der Waals surface area contributed by atoms with E-state index in [1.807, 2.05) is 17.2 Å². The van der Waals surface area contributed by atoms with E-state index in [0.29, 0.717) is 12.2 Å². The highest BCUT2D eigenvalue weighted by Crippen LogP contribution is 2.21. The van der Waals surface area contributed by atoms with Crippen molar-refractivity contribution in [1.82, 2.24) is 14.9 Å². The van der Waals surface area contributed by atoms with Crippen LogP contribution in [0.5, 0.6) is 5.75 Å². The van der Waals surface area contributed by atoms with Gasteiger partial charge in [-0.2, -0.15) is 5.26 Å². The van der Waals surface area contributed by atoms with Gasteiger partial charge >= 0.3 is 0 Å². The quantitative estimate of drug-likeness (QED) is 0.695. The zero-order chi connectivity index (χ0) is 20.2. The van der Waals surface area contributed by atoms with Crippen LogP contribution in [-0.2, 0) is 9.57 Å². The number of nitrogens with zero attached hydrogens (tertiary/aromatic N) is 4. The van der Waals surface area contributed by atoms with Gasteiger partial charge in [0, 0.05) is 45.0 Å². The summed E-state index contributed by atoms with van der Waals surface area (Å²) in [5, 5.41) is 10.9. The topological polar surface area (TPSA) is 61.2 Å². The van der Waals surface area contributed by atoms with Crippen molar-refractivity contribution in [2.75, 3.05) is 52.4 Å². The highest BCUT2D eigenvalue weighted by molar-refractivity contribution is 5.34. The summed E-state index contributed by atoms with van der Waals surface area (Å²) in [5.41, 5.74) is 1.86. The van der Waals surface area contributed by atoms with E-state index in [4.69, 9.17) is 19.6 Å². The molecule has 0 saturated carbocycles. The van der Waals surface area contributed by atoms with Crippen LogP contribution in [0.3, 0.4) is 0 Å². The normalized spacial score (nSPS) is 27.6. The van der Waals surface area contributed by atoms with E-state index in [0.717, 1.165) is 51.6 Å². The standard InChI is InChI=1S/C22H30N4O3/c1-17-11-18(2)29-26(17)8-7-24-13-21-15-25(16-22(14-24)28-21)9-10-27-20-5-3-19(12-23)4-6-20/h3-6,11,18,21-22H,7-10,13-16H2,1-2H3. The Hall–Kier alpha value is -2.11. The molecular formula is C22H30N4O3. The lowest BCUT2D eigenvalue weighted by Gasteiger charge is -2.46. The average Bonchev–Trinajstić information content (AvgIpc) is 3.03. The van der Waals surface area contributed by atoms with Crippen molar-refractivity contribution in [3.8, 4) is 11.8 Å². The van der Waals surface area contributed by atoms with Crippen molar-refractivity contribution < 1.29 is 14.3 Å². The summed E-state index contributed by atoms with van der Waals surface area (Å²) in [6.07, 6.45) is 2.85. The third-order valence-electron chi connectivity index (χ3n) is 5.67. The van der Waals surface area contributed by atoms with Crippen LogP contribution in [0, 0.1) is 11.3 Å². The lowest BCUT2D eigenvalue weighted by molar-refractivity contribution is -0.156. The molecule has 7 heteroatoms. The Kier molecular flexibility index (Phi) is 6.36. The van der Waals surface area contributed by atoms with Gasteiger partial charge in [-0.25, -0.2) is 0 Å². The molecule has 2 bridgehead atoms. The molecule has 3 unspecified atom stereocenters. The van der Waals surface area contributed by atoms with Crippen molar-refractivity contribution in [2.24, 2.45) is 0 Å². The molecule has 0 aliphatic carbocycles. The van der Waals surface area contributed by atoms with Crippen molar-refractivity contribution in [1.29, 1.82) is 5.26 Å².